The van der Waals surface area contributed by atoms with Crippen molar-refractivity contribution in [1.29, 1.82) is 0 Å². The van der Waals surface area contributed by atoms with Crippen LogP contribution < -0.4 is 4.84 Å². The van der Waals surface area contributed by atoms with Gasteiger partial charge in [0.25, 0.3) is 0 Å². The van der Waals surface area contributed by atoms with Crippen molar-refractivity contribution in [1.82, 2.24) is 15.2 Å². The van der Waals surface area contributed by atoms with E-state index in [9.17, 15) is 0 Å². The minimum atomic E-state index is 0.403. The van der Waals surface area contributed by atoms with Crippen LogP contribution in [-0.2, 0) is 0 Å². The van der Waals surface area contributed by atoms with Crippen LogP contribution in [0.2, 0.25) is 5.02 Å². The smallest absolute Gasteiger partial charge is 0.135 e. The predicted molar refractivity (Wildman–Crippen MR) is 79.5 cm³/mol. The highest BCUT2D eigenvalue weighted by Gasteiger charge is 2.04. The molecule has 0 saturated carbocycles. The van der Waals surface area contributed by atoms with Gasteiger partial charge in [0.15, 0.2) is 0 Å². The van der Waals surface area contributed by atoms with E-state index in [0.717, 1.165) is 16.6 Å². The Labute approximate surface area is 121 Å². The molecule has 3 aromatic rings. The second-order valence-electron chi connectivity index (χ2n) is 4.20. The van der Waals surface area contributed by atoms with Crippen LogP contribution in [0.15, 0.2) is 54.6 Å². The third-order valence-electron chi connectivity index (χ3n) is 2.78. The zero-order chi connectivity index (χ0) is 13.8. The Balaban J connectivity index is 1.68. The molecular weight excluding hydrogens is 274 g/mol. The molecular formula is C15H12ClN3O. The SMILES string of the molecule is Clc1ccc2nnn(OCC=Cc3ccccc3)c2c1. The Morgan fingerprint density at radius 3 is 2.85 bits per heavy atom. The topological polar surface area (TPSA) is 39.9 Å². The molecule has 0 spiro atoms. The largest absolute Gasteiger partial charge is 0.391 e. The fourth-order valence-corrected chi connectivity index (χ4v) is 2.00. The molecule has 4 nitrogen and oxygen atoms in total. The Bertz CT molecular complexity index is 737. The maximum Gasteiger partial charge on any atom is 0.135 e. The third-order valence-corrected chi connectivity index (χ3v) is 3.02. The van der Waals surface area contributed by atoms with Crippen molar-refractivity contribution in [3.63, 3.8) is 0 Å². The van der Waals surface area contributed by atoms with E-state index in [1.54, 1.807) is 12.1 Å². The molecule has 20 heavy (non-hydrogen) atoms. The zero-order valence-corrected chi connectivity index (χ0v) is 11.4. The van der Waals surface area contributed by atoms with Gasteiger partial charge in [-0.1, -0.05) is 52.9 Å². The number of hydrogen-bond acceptors (Lipinski definition) is 3. The highest BCUT2D eigenvalue weighted by molar-refractivity contribution is 6.31. The van der Waals surface area contributed by atoms with Crippen molar-refractivity contribution >= 4 is 28.7 Å². The molecule has 0 aliphatic heterocycles. The standard InChI is InChI=1S/C15H12ClN3O/c16-13-8-9-14-15(11-13)19(18-17-14)20-10-4-7-12-5-2-1-3-6-12/h1-9,11H,10H2. The lowest BCUT2D eigenvalue weighted by atomic mass is 10.2. The lowest BCUT2D eigenvalue weighted by Crippen LogP contribution is -2.12. The fraction of sp³-hybridized carbons (Fsp3) is 0.0667. The van der Waals surface area contributed by atoms with Gasteiger partial charge in [-0.25, -0.2) is 0 Å². The van der Waals surface area contributed by atoms with Crippen LogP contribution in [0.5, 0.6) is 0 Å². The van der Waals surface area contributed by atoms with Gasteiger partial charge >= 0.3 is 0 Å². The summed E-state index contributed by atoms with van der Waals surface area (Å²) in [6.07, 6.45) is 3.92. The second kappa shape index (κ2) is 5.75. The molecule has 0 N–H and O–H groups in total. The van der Waals surface area contributed by atoms with Crippen molar-refractivity contribution in [3.8, 4) is 0 Å². The minimum absolute atomic E-state index is 0.403. The minimum Gasteiger partial charge on any atom is -0.391 e. The molecule has 0 aliphatic rings. The molecule has 0 amide bonds. The molecule has 0 fully saturated rings. The van der Waals surface area contributed by atoms with Crippen LogP contribution in [0.25, 0.3) is 17.1 Å². The summed E-state index contributed by atoms with van der Waals surface area (Å²) in [6.45, 7) is 0.403. The number of fused-ring (bicyclic) bond motifs is 1. The molecule has 0 radical (unpaired) electrons. The van der Waals surface area contributed by atoms with Crippen molar-refractivity contribution in [2.75, 3.05) is 6.61 Å². The van der Waals surface area contributed by atoms with Crippen LogP contribution in [-0.4, -0.2) is 21.8 Å². The number of halogens is 1. The van der Waals surface area contributed by atoms with E-state index in [1.807, 2.05) is 48.6 Å². The van der Waals surface area contributed by atoms with Crippen LogP contribution in [0, 0.1) is 0 Å². The summed E-state index contributed by atoms with van der Waals surface area (Å²) in [5, 5.41) is 8.56. The summed E-state index contributed by atoms with van der Waals surface area (Å²) in [5.41, 5.74) is 2.63. The van der Waals surface area contributed by atoms with Crippen molar-refractivity contribution in [2.45, 2.75) is 0 Å². The van der Waals surface area contributed by atoms with Crippen LogP contribution in [0.4, 0.5) is 0 Å². The maximum atomic E-state index is 5.95. The molecule has 100 valence electrons. The number of benzene rings is 2. The average molecular weight is 286 g/mol. The number of hydrogen-bond donors (Lipinski definition) is 0. The van der Waals surface area contributed by atoms with Crippen molar-refractivity contribution in [3.05, 3.63) is 65.2 Å². The van der Waals surface area contributed by atoms with E-state index in [-0.39, 0.29) is 0 Å². The van der Waals surface area contributed by atoms with Gasteiger partial charge in [0, 0.05) is 5.02 Å². The van der Waals surface area contributed by atoms with Gasteiger partial charge in [-0.15, -0.1) is 5.10 Å². The van der Waals surface area contributed by atoms with Crippen LogP contribution in [0.3, 0.4) is 0 Å². The summed E-state index contributed by atoms with van der Waals surface area (Å²) < 4.78 is 0. The molecule has 1 heterocycles. The number of nitrogens with zero attached hydrogens (tertiary/aromatic N) is 3. The lowest BCUT2D eigenvalue weighted by Gasteiger charge is -2.02. The Morgan fingerprint density at radius 2 is 2.00 bits per heavy atom. The quantitative estimate of drug-likeness (QED) is 0.739. The van der Waals surface area contributed by atoms with E-state index in [1.165, 1.54) is 4.85 Å². The zero-order valence-electron chi connectivity index (χ0n) is 10.6. The van der Waals surface area contributed by atoms with E-state index < -0.39 is 0 Å². The first-order chi connectivity index (χ1) is 9.83. The first-order valence-corrected chi connectivity index (χ1v) is 6.56. The molecule has 1 aromatic heterocycles. The average Bonchev–Trinajstić information content (AvgIpc) is 2.87. The van der Waals surface area contributed by atoms with Gasteiger partial charge in [-0.3, -0.25) is 0 Å². The predicted octanol–water partition coefficient (Wildman–Crippen LogP) is 3.23. The van der Waals surface area contributed by atoms with Gasteiger partial charge in [-0.05, 0) is 35.1 Å². The Hall–Kier alpha value is -2.33. The first-order valence-electron chi connectivity index (χ1n) is 6.19. The van der Waals surface area contributed by atoms with Gasteiger partial charge in [0.05, 0.1) is 0 Å². The van der Waals surface area contributed by atoms with E-state index >= 15 is 0 Å². The van der Waals surface area contributed by atoms with E-state index in [4.69, 9.17) is 16.4 Å². The highest BCUT2D eigenvalue weighted by Crippen LogP contribution is 2.16. The lowest BCUT2D eigenvalue weighted by molar-refractivity contribution is 0.110. The summed E-state index contributed by atoms with van der Waals surface area (Å²) in [4.78, 5) is 6.92. The second-order valence-corrected chi connectivity index (χ2v) is 4.64. The van der Waals surface area contributed by atoms with Crippen LogP contribution >= 0.6 is 11.6 Å². The van der Waals surface area contributed by atoms with E-state index in [2.05, 4.69) is 10.3 Å². The molecule has 0 atom stereocenters. The van der Waals surface area contributed by atoms with Crippen LogP contribution in [0.1, 0.15) is 5.56 Å². The van der Waals surface area contributed by atoms with Gasteiger partial charge in [0.2, 0.25) is 0 Å². The van der Waals surface area contributed by atoms with Crippen molar-refractivity contribution in [2.24, 2.45) is 0 Å². The summed E-state index contributed by atoms with van der Waals surface area (Å²) in [5.74, 6) is 0. The van der Waals surface area contributed by atoms with Gasteiger partial charge in [0.1, 0.15) is 17.6 Å². The summed E-state index contributed by atoms with van der Waals surface area (Å²) >= 11 is 5.95. The van der Waals surface area contributed by atoms with Crippen molar-refractivity contribution < 1.29 is 4.84 Å². The summed E-state index contributed by atoms with van der Waals surface area (Å²) in [6, 6.07) is 15.4. The molecule has 5 heteroatoms. The Morgan fingerprint density at radius 1 is 1.15 bits per heavy atom. The number of aromatic nitrogens is 3. The maximum absolute atomic E-state index is 5.95. The monoisotopic (exact) mass is 285 g/mol. The van der Waals surface area contributed by atoms with E-state index in [0.29, 0.717) is 11.6 Å². The molecule has 0 aliphatic carbocycles. The highest BCUT2D eigenvalue weighted by atomic mass is 35.5. The number of rotatable bonds is 4. The summed E-state index contributed by atoms with van der Waals surface area (Å²) in [7, 11) is 0. The molecule has 3 rings (SSSR count). The Kier molecular flexibility index (Phi) is 3.65. The fourth-order valence-electron chi connectivity index (χ4n) is 1.83. The molecule has 0 unspecified atom stereocenters. The molecule has 0 saturated heterocycles. The van der Waals surface area contributed by atoms with Gasteiger partial charge < -0.3 is 4.84 Å². The molecule has 0 bridgehead atoms. The van der Waals surface area contributed by atoms with Gasteiger partial charge in [-0.2, -0.15) is 0 Å². The normalized spacial score (nSPS) is 11.2. The first kappa shape index (κ1) is 12.7. The third kappa shape index (κ3) is 2.81. The molecule has 2 aromatic carbocycles.